The van der Waals surface area contributed by atoms with E-state index in [0.717, 1.165) is 12.2 Å². The summed E-state index contributed by atoms with van der Waals surface area (Å²) < 4.78 is 5.19. The number of benzene rings is 2. The van der Waals surface area contributed by atoms with E-state index in [1.807, 2.05) is 19.2 Å². The lowest BCUT2D eigenvalue weighted by molar-refractivity contribution is 0.414. The van der Waals surface area contributed by atoms with Crippen molar-refractivity contribution in [3.63, 3.8) is 0 Å². The first-order chi connectivity index (χ1) is 9.72. The number of rotatable bonds is 6. The molecular formula is C17H21NOS. The third-order valence-corrected chi connectivity index (χ3v) is 4.40. The molecule has 0 spiro atoms. The van der Waals surface area contributed by atoms with Crippen molar-refractivity contribution in [3.05, 3.63) is 54.1 Å². The summed E-state index contributed by atoms with van der Waals surface area (Å²) in [4.78, 5) is 2.55. The lowest BCUT2D eigenvalue weighted by Gasteiger charge is -2.14. The van der Waals surface area contributed by atoms with Crippen LogP contribution in [0.5, 0.6) is 5.75 Å². The van der Waals surface area contributed by atoms with Gasteiger partial charge in [-0.25, -0.2) is 0 Å². The van der Waals surface area contributed by atoms with Crippen LogP contribution in [0.25, 0.3) is 0 Å². The SMILES string of the molecule is CN[C@@H](C)Cc1ccccc1Sc1ccc(OC)cc1. The van der Waals surface area contributed by atoms with Crippen molar-refractivity contribution < 1.29 is 4.74 Å². The van der Waals surface area contributed by atoms with Gasteiger partial charge in [0, 0.05) is 15.8 Å². The van der Waals surface area contributed by atoms with E-state index in [1.165, 1.54) is 15.4 Å². The van der Waals surface area contributed by atoms with Gasteiger partial charge in [-0.2, -0.15) is 0 Å². The van der Waals surface area contributed by atoms with Crippen LogP contribution in [0.15, 0.2) is 58.3 Å². The van der Waals surface area contributed by atoms with Gasteiger partial charge in [0.05, 0.1) is 7.11 Å². The first-order valence-corrected chi connectivity index (χ1v) is 7.61. The molecule has 0 saturated heterocycles. The van der Waals surface area contributed by atoms with Gasteiger partial charge in [-0.05, 0) is 56.3 Å². The highest BCUT2D eigenvalue weighted by Crippen LogP contribution is 2.31. The molecule has 20 heavy (non-hydrogen) atoms. The Kier molecular flexibility index (Phi) is 5.50. The second-order valence-corrected chi connectivity index (χ2v) is 5.89. The molecule has 0 bridgehead atoms. The molecule has 0 unspecified atom stereocenters. The monoisotopic (exact) mass is 287 g/mol. The molecule has 0 aromatic heterocycles. The average Bonchev–Trinajstić information content (AvgIpc) is 2.50. The van der Waals surface area contributed by atoms with Gasteiger partial charge in [-0.15, -0.1) is 0 Å². The predicted molar refractivity (Wildman–Crippen MR) is 85.8 cm³/mol. The zero-order valence-electron chi connectivity index (χ0n) is 12.2. The molecule has 106 valence electrons. The van der Waals surface area contributed by atoms with Gasteiger partial charge in [0.2, 0.25) is 0 Å². The van der Waals surface area contributed by atoms with Gasteiger partial charge in [0.15, 0.2) is 0 Å². The van der Waals surface area contributed by atoms with Gasteiger partial charge < -0.3 is 10.1 Å². The Hall–Kier alpha value is -1.45. The second-order valence-electron chi connectivity index (χ2n) is 4.78. The standard InChI is InChI=1S/C17H21NOS/c1-13(18-2)12-14-6-4-5-7-17(14)20-16-10-8-15(19-3)9-11-16/h4-11,13,18H,12H2,1-3H3/t13-/m0/s1. The van der Waals surface area contributed by atoms with Gasteiger partial charge in [-0.1, -0.05) is 30.0 Å². The van der Waals surface area contributed by atoms with E-state index < -0.39 is 0 Å². The van der Waals surface area contributed by atoms with Crippen LogP contribution in [0.2, 0.25) is 0 Å². The largest absolute Gasteiger partial charge is 0.497 e. The molecule has 0 heterocycles. The topological polar surface area (TPSA) is 21.3 Å². The highest BCUT2D eigenvalue weighted by atomic mass is 32.2. The smallest absolute Gasteiger partial charge is 0.118 e. The Labute approximate surface area is 125 Å². The summed E-state index contributed by atoms with van der Waals surface area (Å²) in [6, 6.07) is 17.3. The average molecular weight is 287 g/mol. The molecule has 0 amide bonds. The van der Waals surface area contributed by atoms with Gasteiger partial charge >= 0.3 is 0 Å². The van der Waals surface area contributed by atoms with E-state index in [4.69, 9.17) is 4.74 Å². The molecule has 0 fully saturated rings. The van der Waals surface area contributed by atoms with Crippen LogP contribution in [0.1, 0.15) is 12.5 Å². The number of ether oxygens (including phenoxy) is 1. The van der Waals surface area contributed by atoms with Crippen LogP contribution in [-0.2, 0) is 6.42 Å². The lowest BCUT2D eigenvalue weighted by atomic mass is 10.1. The predicted octanol–water partition coefficient (Wildman–Crippen LogP) is 4.00. The summed E-state index contributed by atoms with van der Waals surface area (Å²) in [6.07, 6.45) is 1.04. The maximum Gasteiger partial charge on any atom is 0.118 e. The van der Waals surface area contributed by atoms with E-state index in [0.29, 0.717) is 6.04 Å². The van der Waals surface area contributed by atoms with E-state index in [2.05, 4.69) is 48.6 Å². The van der Waals surface area contributed by atoms with Crippen molar-refractivity contribution in [1.82, 2.24) is 5.32 Å². The Morgan fingerprint density at radius 2 is 1.80 bits per heavy atom. The molecule has 1 N–H and O–H groups in total. The molecule has 3 heteroatoms. The fourth-order valence-electron chi connectivity index (χ4n) is 1.97. The van der Waals surface area contributed by atoms with Gasteiger partial charge in [0.25, 0.3) is 0 Å². The Bertz CT molecular complexity index is 539. The molecule has 2 aromatic carbocycles. The highest BCUT2D eigenvalue weighted by molar-refractivity contribution is 7.99. The van der Waals surface area contributed by atoms with Crippen LogP contribution in [0, 0.1) is 0 Å². The molecule has 2 aromatic rings. The van der Waals surface area contributed by atoms with Crippen molar-refractivity contribution in [2.75, 3.05) is 14.2 Å². The van der Waals surface area contributed by atoms with Crippen LogP contribution < -0.4 is 10.1 Å². The Balaban J connectivity index is 2.15. The molecule has 0 aliphatic rings. The van der Waals surface area contributed by atoms with Crippen LogP contribution >= 0.6 is 11.8 Å². The van der Waals surface area contributed by atoms with Crippen molar-refractivity contribution in [2.45, 2.75) is 29.2 Å². The number of nitrogens with one attached hydrogen (secondary N) is 1. The highest BCUT2D eigenvalue weighted by Gasteiger charge is 2.07. The first kappa shape index (κ1) is 14.9. The first-order valence-electron chi connectivity index (χ1n) is 6.80. The fourth-order valence-corrected chi connectivity index (χ4v) is 2.93. The molecule has 0 saturated carbocycles. The molecule has 0 aliphatic carbocycles. The van der Waals surface area contributed by atoms with Crippen LogP contribution in [0.4, 0.5) is 0 Å². The molecule has 0 radical (unpaired) electrons. The van der Waals surface area contributed by atoms with E-state index in [1.54, 1.807) is 18.9 Å². The van der Waals surface area contributed by atoms with Crippen molar-refractivity contribution in [1.29, 1.82) is 0 Å². The summed E-state index contributed by atoms with van der Waals surface area (Å²) in [6.45, 7) is 2.20. The summed E-state index contributed by atoms with van der Waals surface area (Å²) in [5.74, 6) is 0.895. The Morgan fingerprint density at radius 1 is 1.10 bits per heavy atom. The summed E-state index contributed by atoms with van der Waals surface area (Å²) in [5.41, 5.74) is 1.38. The summed E-state index contributed by atoms with van der Waals surface area (Å²) in [5, 5.41) is 3.29. The van der Waals surface area contributed by atoms with Crippen LogP contribution in [0.3, 0.4) is 0 Å². The van der Waals surface area contributed by atoms with E-state index >= 15 is 0 Å². The normalized spacial score (nSPS) is 12.2. The summed E-state index contributed by atoms with van der Waals surface area (Å²) >= 11 is 1.80. The third kappa shape index (κ3) is 4.02. The van der Waals surface area contributed by atoms with Crippen molar-refractivity contribution >= 4 is 11.8 Å². The van der Waals surface area contributed by atoms with Crippen LogP contribution in [-0.4, -0.2) is 20.2 Å². The maximum atomic E-state index is 5.19. The minimum absolute atomic E-state index is 0.479. The number of hydrogen-bond acceptors (Lipinski definition) is 3. The van der Waals surface area contributed by atoms with E-state index in [-0.39, 0.29) is 0 Å². The lowest BCUT2D eigenvalue weighted by Crippen LogP contribution is -2.23. The third-order valence-electron chi connectivity index (χ3n) is 3.28. The van der Waals surface area contributed by atoms with E-state index in [9.17, 15) is 0 Å². The zero-order chi connectivity index (χ0) is 14.4. The quantitative estimate of drug-likeness (QED) is 0.868. The molecular weight excluding hydrogens is 266 g/mol. The second kappa shape index (κ2) is 7.36. The maximum absolute atomic E-state index is 5.19. The fraction of sp³-hybridized carbons (Fsp3) is 0.294. The van der Waals surface area contributed by atoms with Crippen molar-refractivity contribution in [3.8, 4) is 5.75 Å². The van der Waals surface area contributed by atoms with Gasteiger partial charge in [0.1, 0.15) is 5.75 Å². The molecule has 2 rings (SSSR count). The molecule has 0 aliphatic heterocycles. The molecule has 2 nitrogen and oxygen atoms in total. The number of likely N-dealkylation sites (N-methyl/N-ethyl adjacent to an activating group) is 1. The minimum atomic E-state index is 0.479. The number of methoxy groups -OCH3 is 1. The molecule has 1 atom stereocenters. The minimum Gasteiger partial charge on any atom is -0.497 e. The zero-order valence-corrected chi connectivity index (χ0v) is 13.0. The Morgan fingerprint density at radius 3 is 2.45 bits per heavy atom. The summed E-state index contributed by atoms with van der Waals surface area (Å²) in [7, 11) is 3.69. The number of hydrogen-bond donors (Lipinski definition) is 1. The van der Waals surface area contributed by atoms with Crippen molar-refractivity contribution in [2.24, 2.45) is 0 Å². The van der Waals surface area contributed by atoms with Gasteiger partial charge in [-0.3, -0.25) is 0 Å².